The van der Waals surface area contributed by atoms with Crippen LogP contribution in [0.1, 0.15) is 15.9 Å². The van der Waals surface area contributed by atoms with Crippen LogP contribution < -0.4 is 15.6 Å². The lowest BCUT2D eigenvalue weighted by Crippen LogP contribution is -2.29. The molecule has 3 rings (SSSR count). The standard InChI is InChI=1S/C20H16ClFN2O3/c1-27-15-7-4-13(5-8-15)12-24-10-2-3-16(20(24)26)19(25)23-14-6-9-18(22)17(21)11-14/h2-11H,12H2,1H3,(H,23,25). The topological polar surface area (TPSA) is 60.3 Å². The fraction of sp³-hybridized carbons (Fsp3) is 0.100. The van der Waals surface area contributed by atoms with Crippen LogP contribution in [0.5, 0.6) is 5.75 Å². The second kappa shape index (κ2) is 8.05. The molecule has 0 aliphatic heterocycles. The van der Waals surface area contributed by atoms with Gasteiger partial charge in [0.25, 0.3) is 11.5 Å². The summed E-state index contributed by atoms with van der Waals surface area (Å²) in [6, 6.07) is 14.2. The lowest BCUT2D eigenvalue weighted by molar-refractivity contribution is 0.102. The van der Waals surface area contributed by atoms with Gasteiger partial charge >= 0.3 is 0 Å². The van der Waals surface area contributed by atoms with Gasteiger partial charge in [-0.3, -0.25) is 9.59 Å². The molecule has 0 aliphatic rings. The number of anilines is 1. The van der Waals surface area contributed by atoms with E-state index in [1.807, 2.05) is 12.1 Å². The van der Waals surface area contributed by atoms with E-state index in [1.165, 1.54) is 22.8 Å². The number of carbonyl (C=O) groups excluding carboxylic acids is 1. The number of halogens is 2. The fourth-order valence-electron chi connectivity index (χ4n) is 2.53. The zero-order valence-corrected chi connectivity index (χ0v) is 15.2. The summed E-state index contributed by atoms with van der Waals surface area (Å²) < 4.78 is 19.8. The van der Waals surface area contributed by atoms with Gasteiger partial charge in [0.2, 0.25) is 0 Å². The van der Waals surface area contributed by atoms with Crippen molar-refractivity contribution in [2.45, 2.75) is 6.54 Å². The van der Waals surface area contributed by atoms with Gasteiger partial charge in [0, 0.05) is 11.9 Å². The molecule has 5 nitrogen and oxygen atoms in total. The highest BCUT2D eigenvalue weighted by atomic mass is 35.5. The molecule has 1 aromatic heterocycles. The molecule has 138 valence electrons. The van der Waals surface area contributed by atoms with Crippen molar-refractivity contribution in [2.24, 2.45) is 0 Å². The zero-order valence-electron chi connectivity index (χ0n) is 14.4. The molecule has 0 aliphatic carbocycles. The monoisotopic (exact) mass is 386 g/mol. The largest absolute Gasteiger partial charge is 0.497 e. The van der Waals surface area contributed by atoms with Crippen molar-refractivity contribution in [1.82, 2.24) is 4.57 Å². The highest BCUT2D eigenvalue weighted by molar-refractivity contribution is 6.31. The summed E-state index contributed by atoms with van der Waals surface area (Å²) >= 11 is 5.71. The van der Waals surface area contributed by atoms with E-state index in [4.69, 9.17) is 16.3 Å². The maximum Gasteiger partial charge on any atom is 0.263 e. The minimum absolute atomic E-state index is 0.0218. The molecule has 0 bridgehead atoms. The fourth-order valence-corrected chi connectivity index (χ4v) is 2.71. The van der Waals surface area contributed by atoms with Crippen LogP contribution in [-0.4, -0.2) is 17.6 Å². The van der Waals surface area contributed by atoms with Crippen LogP contribution in [0.3, 0.4) is 0 Å². The molecule has 0 fully saturated rings. The molecule has 1 N–H and O–H groups in total. The van der Waals surface area contributed by atoms with Gasteiger partial charge in [-0.2, -0.15) is 0 Å². The SMILES string of the molecule is COc1ccc(Cn2cccc(C(=O)Nc3ccc(F)c(Cl)c3)c2=O)cc1. The minimum Gasteiger partial charge on any atom is -0.497 e. The van der Waals surface area contributed by atoms with Crippen molar-refractivity contribution in [3.63, 3.8) is 0 Å². The lowest BCUT2D eigenvalue weighted by Gasteiger charge is -2.10. The molecular weight excluding hydrogens is 371 g/mol. The third kappa shape index (κ3) is 4.35. The Labute approximate surface area is 160 Å². The number of rotatable bonds is 5. The normalized spacial score (nSPS) is 10.5. The number of carbonyl (C=O) groups is 1. The number of nitrogens with zero attached hydrogens (tertiary/aromatic N) is 1. The van der Waals surface area contributed by atoms with Gasteiger partial charge in [-0.05, 0) is 48.0 Å². The Balaban J connectivity index is 1.81. The quantitative estimate of drug-likeness (QED) is 0.722. The molecule has 0 unspecified atom stereocenters. The van der Waals surface area contributed by atoms with Crippen LogP contribution in [-0.2, 0) is 6.54 Å². The molecule has 0 atom stereocenters. The summed E-state index contributed by atoms with van der Waals surface area (Å²) in [6.07, 6.45) is 1.61. The molecule has 27 heavy (non-hydrogen) atoms. The molecular formula is C20H16ClFN2O3. The number of ether oxygens (including phenoxy) is 1. The van der Waals surface area contributed by atoms with Gasteiger partial charge in [0.1, 0.15) is 17.1 Å². The van der Waals surface area contributed by atoms with Crippen molar-refractivity contribution in [2.75, 3.05) is 12.4 Å². The third-order valence-electron chi connectivity index (χ3n) is 3.95. The van der Waals surface area contributed by atoms with E-state index < -0.39 is 17.3 Å². The summed E-state index contributed by atoms with van der Waals surface area (Å²) in [4.78, 5) is 25.1. The molecule has 3 aromatic rings. The van der Waals surface area contributed by atoms with Gasteiger partial charge in [0.05, 0.1) is 18.7 Å². The van der Waals surface area contributed by atoms with E-state index >= 15 is 0 Å². The molecule has 0 saturated carbocycles. The van der Waals surface area contributed by atoms with E-state index in [1.54, 1.807) is 31.5 Å². The molecule has 7 heteroatoms. The average molecular weight is 387 g/mol. The zero-order chi connectivity index (χ0) is 19.4. The van der Waals surface area contributed by atoms with Crippen molar-refractivity contribution in [3.8, 4) is 5.75 Å². The summed E-state index contributed by atoms with van der Waals surface area (Å²) in [6.45, 7) is 0.312. The van der Waals surface area contributed by atoms with E-state index in [9.17, 15) is 14.0 Å². The first kappa shape index (κ1) is 18.7. The smallest absolute Gasteiger partial charge is 0.263 e. The van der Waals surface area contributed by atoms with Crippen LogP contribution in [0.25, 0.3) is 0 Å². The second-order valence-electron chi connectivity index (χ2n) is 5.79. The Morgan fingerprint density at radius 1 is 1.19 bits per heavy atom. The highest BCUT2D eigenvalue weighted by Crippen LogP contribution is 2.19. The summed E-state index contributed by atoms with van der Waals surface area (Å²) in [5.41, 5.74) is 0.739. The molecule has 1 heterocycles. The van der Waals surface area contributed by atoms with Gasteiger partial charge in [-0.25, -0.2) is 4.39 Å². The van der Waals surface area contributed by atoms with Crippen LogP contribution in [0.2, 0.25) is 5.02 Å². The Kier molecular flexibility index (Phi) is 5.57. The van der Waals surface area contributed by atoms with Gasteiger partial charge in [0.15, 0.2) is 0 Å². The van der Waals surface area contributed by atoms with Crippen molar-refractivity contribution in [1.29, 1.82) is 0 Å². The van der Waals surface area contributed by atoms with Crippen molar-refractivity contribution in [3.05, 3.63) is 93.1 Å². The first-order chi connectivity index (χ1) is 13.0. The minimum atomic E-state index is -0.591. The Morgan fingerprint density at radius 2 is 1.93 bits per heavy atom. The summed E-state index contributed by atoms with van der Waals surface area (Å²) in [7, 11) is 1.58. The first-order valence-electron chi connectivity index (χ1n) is 8.06. The van der Waals surface area contributed by atoms with Gasteiger partial charge in [-0.15, -0.1) is 0 Å². The maximum atomic E-state index is 13.2. The average Bonchev–Trinajstić information content (AvgIpc) is 2.67. The summed E-state index contributed by atoms with van der Waals surface area (Å²) in [5.74, 6) is -0.458. The number of benzene rings is 2. The number of hydrogen-bond acceptors (Lipinski definition) is 3. The first-order valence-corrected chi connectivity index (χ1v) is 8.44. The molecule has 0 radical (unpaired) electrons. The predicted molar refractivity (Wildman–Crippen MR) is 102 cm³/mol. The van der Waals surface area contributed by atoms with Crippen LogP contribution in [0.15, 0.2) is 65.6 Å². The molecule has 1 amide bonds. The number of methoxy groups -OCH3 is 1. The van der Waals surface area contributed by atoms with E-state index in [0.717, 1.165) is 17.4 Å². The summed E-state index contributed by atoms with van der Waals surface area (Å²) in [5, 5.41) is 2.44. The lowest BCUT2D eigenvalue weighted by atomic mass is 10.2. The van der Waals surface area contributed by atoms with Gasteiger partial charge in [-0.1, -0.05) is 23.7 Å². The maximum absolute atomic E-state index is 13.2. The second-order valence-corrected chi connectivity index (χ2v) is 6.19. The third-order valence-corrected chi connectivity index (χ3v) is 4.24. The van der Waals surface area contributed by atoms with Crippen LogP contribution >= 0.6 is 11.6 Å². The number of pyridine rings is 1. The van der Waals surface area contributed by atoms with Crippen molar-refractivity contribution >= 4 is 23.2 Å². The Morgan fingerprint density at radius 3 is 2.59 bits per heavy atom. The van der Waals surface area contributed by atoms with Crippen LogP contribution in [0.4, 0.5) is 10.1 Å². The van der Waals surface area contributed by atoms with E-state index in [0.29, 0.717) is 12.2 Å². The van der Waals surface area contributed by atoms with Gasteiger partial charge < -0.3 is 14.6 Å². The number of nitrogens with one attached hydrogen (secondary N) is 1. The number of amides is 1. The highest BCUT2D eigenvalue weighted by Gasteiger charge is 2.13. The van der Waals surface area contributed by atoms with E-state index in [2.05, 4.69) is 5.32 Å². The molecule has 2 aromatic carbocycles. The number of aromatic nitrogens is 1. The Bertz CT molecular complexity index is 1030. The Hall–Kier alpha value is -3.12. The van der Waals surface area contributed by atoms with Crippen LogP contribution in [0, 0.1) is 5.82 Å². The number of hydrogen-bond donors (Lipinski definition) is 1. The van der Waals surface area contributed by atoms with E-state index in [-0.39, 0.29) is 10.6 Å². The van der Waals surface area contributed by atoms with Crippen molar-refractivity contribution < 1.29 is 13.9 Å². The predicted octanol–water partition coefficient (Wildman–Crippen LogP) is 3.95. The molecule has 0 spiro atoms. The molecule has 0 saturated heterocycles.